The summed E-state index contributed by atoms with van der Waals surface area (Å²) >= 11 is 0. The Kier molecular flexibility index (Phi) is 4.02. The summed E-state index contributed by atoms with van der Waals surface area (Å²) in [4.78, 5) is 24.4. The van der Waals surface area contributed by atoms with Gasteiger partial charge in [-0.05, 0) is 43.2 Å². The molecule has 1 aliphatic rings. The molecule has 23 heavy (non-hydrogen) atoms. The molecule has 3 rings (SSSR count). The molecule has 118 valence electrons. The molecule has 0 aromatic heterocycles. The number of anilines is 3. The summed E-state index contributed by atoms with van der Waals surface area (Å²) in [7, 11) is 0. The zero-order chi connectivity index (χ0) is 16.4. The van der Waals surface area contributed by atoms with Crippen molar-refractivity contribution < 1.29 is 9.59 Å². The van der Waals surface area contributed by atoms with E-state index in [0.717, 1.165) is 28.2 Å². The molecular formula is C18H19N3O2. The van der Waals surface area contributed by atoms with E-state index in [1.807, 2.05) is 56.3 Å². The monoisotopic (exact) mass is 309 g/mol. The highest BCUT2D eigenvalue weighted by Gasteiger charge is 2.27. The van der Waals surface area contributed by atoms with Gasteiger partial charge in [0, 0.05) is 5.69 Å². The first-order valence-electron chi connectivity index (χ1n) is 7.57. The second-order valence-electron chi connectivity index (χ2n) is 5.73. The van der Waals surface area contributed by atoms with Gasteiger partial charge in [0.15, 0.2) is 0 Å². The maximum absolute atomic E-state index is 12.3. The van der Waals surface area contributed by atoms with Crippen LogP contribution in [0, 0.1) is 13.8 Å². The molecule has 1 aliphatic heterocycles. The van der Waals surface area contributed by atoms with E-state index in [1.165, 1.54) is 0 Å². The summed E-state index contributed by atoms with van der Waals surface area (Å²) in [5.74, 6) is -0.384. The molecule has 0 saturated heterocycles. The molecule has 3 N–H and O–H groups in total. The van der Waals surface area contributed by atoms with Crippen LogP contribution in [-0.2, 0) is 9.59 Å². The quantitative estimate of drug-likeness (QED) is 0.816. The molecule has 2 aromatic carbocycles. The van der Waals surface area contributed by atoms with Crippen molar-refractivity contribution in [2.75, 3.05) is 16.0 Å². The predicted octanol–water partition coefficient (Wildman–Crippen LogP) is 3.06. The summed E-state index contributed by atoms with van der Waals surface area (Å²) in [5, 5.41) is 8.82. The number of carbonyl (C=O) groups is 2. The molecule has 0 fully saturated rings. The minimum atomic E-state index is -0.574. The van der Waals surface area contributed by atoms with E-state index in [1.54, 1.807) is 0 Å². The topological polar surface area (TPSA) is 70.2 Å². The van der Waals surface area contributed by atoms with Gasteiger partial charge in [-0.1, -0.05) is 24.3 Å². The third-order valence-corrected chi connectivity index (χ3v) is 4.10. The summed E-state index contributed by atoms with van der Waals surface area (Å²) in [6, 6.07) is 12.6. The Morgan fingerprint density at radius 2 is 1.83 bits per heavy atom. The zero-order valence-electron chi connectivity index (χ0n) is 13.1. The lowest BCUT2D eigenvalue weighted by Crippen LogP contribution is -2.41. The third kappa shape index (κ3) is 3.18. The molecule has 2 aromatic rings. The highest BCUT2D eigenvalue weighted by atomic mass is 16.2. The van der Waals surface area contributed by atoms with Crippen molar-refractivity contribution in [3.63, 3.8) is 0 Å². The van der Waals surface area contributed by atoms with E-state index in [2.05, 4.69) is 16.0 Å². The Morgan fingerprint density at radius 1 is 1.09 bits per heavy atom. The average Bonchev–Trinajstić information content (AvgIpc) is 2.52. The highest BCUT2D eigenvalue weighted by Crippen LogP contribution is 2.27. The van der Waals surface area contributed by atoms with Crippen LogP contribution in [0.4, 0.5) is 17.1 Å². The normalized spacial score (nSPS) is 16.1. The van der Waals surface area contributed by atoms with E-state index in [4.69, 9.17) is 0 Å². The van der Waals surface area contributed by atoms with Gasteiger partial charge in [-0.2, -0.15) is 0 Å². The first-order chi connectivity index (χ1) is 11.0. The lowest BCUT2D eigenvalue weighted by molar-refractivity contribution is -0.122. The summed E-state index contributed by atoms with van der Waals surface area (Å²) in [6.07, 6.45) is 0.0769. The number of fused-ring (bicyclic) bond motifs is 1. The Labute approximate surface area is 135 Å². The van der Waals surface area contributed by atoms with Crippen LogP contribution >= 0.6 is 0 Å². The third-order valence-electron chi connectivity index (χ3n) is 4.10. The van der Waals surface area contributed by atoms with E-state index in [9.17, 15) is 9.59 Å². The first kappa shape index (κ1) is 15.1. The fourth-order valence-corrected chi connectivity index (χ4v) is 2.61. The minimum absolute atomic E-state index is 0.0769. The molecular weight excluding hydrogens is 290 g/mol. The second kappa shape index (κ2) is 6.12. The fourth-order valence-electron chi connectivity index (χ4n) is 2.61. The van der Waals surface area contributed by atoms with Gasteiger partial charge in [0.25, 0.3) is 0 Å². The lowest BCUT2D eigenvalue weighted by Gasteiger charge is -2.26. The maximum Gasteiger partial charge on any atom is 0.247 e. The van der Waals surface area contributed by atoms with Crippen molar-refractivity contribution in [2.45, 2.75) is 26.3 Å². The molecule has 0 radical (unpaired) electrons. The fraction of sp³-hybridized carbons (Fsp3) is 0.222. The molecule has 0 unspecified atom stereocenters. The number of aryl methyl sites for hydroxylation is 1. The van der Waals surface area contributed by atoms with Crippen molar-refractivity contribution in [3.8, 4) is 0 Å². The van der Waals surface area contributed by atoms with Crippen LogP contribution in [0.3, 0.4) is 0 Å². The van der Waals surface area contributed by atoms with Gasteiger partial charge >= 0.3 is 0 Å². The maximum atomic E-state index is 12.3. The number of carbonyl (C=O) groups excluding carboxylic acids is 2. The van der Waals surface area contributed by atoms with E-state index >= 15 is 0 Å². The molecule has 5 heteroatoms. The largest absolute Gasteiger partial charge is 0.372 e. The Morgan fingerprint density at radius 3 is 2.61 bits per heavy atom. The molecule has 2 amide bonds. The van der Waals surface area contributed by atoms with Crippen LogP contribution in [-0.4, -0.2) is 17.9 Å². The molecule has 5 nitrogen and oxygen atoms in total. The summed E-state index contributed by atoms with van der Waals surface area (Å²) in [5.41, 5.74) is 4.50. The smallest absolute Gasteiger partial charge is 0.247 e. The number of hydrogen-bond donors (Lipinski definition) is 3. The van der Waals surface area contributed by atoms with Crippen LogP contribution in [0.25, 0.3) is 0 Å². The van der Waals surface area contributed by atoms with Gasteiger partial charge in [0.2, 0.25) is 11.8 Å². The molecule has 1 heterocycles. The Balaban J connectivity index is 1.69. The van der Waals surface area contributed by atoms with E-state index < -0.39 is 6.04 Å². The van der Waals surface area contributed by atoms with Crippen molar-refractivity contribution in [3.05, 3.63) is 53.6 Å². The van der Waals surface area contributed by atoms with Gasteiger partial charge in [0.1, 0.15) is 6.04 Å². The van der Waals surface area contributed by atoms with Gasteiger partial charge in [0.05, 0.1) is 17.8 Å². The Hall–Kier alpha value is -2.82. The average molecular weight is 309 g/mol. The summed E-state index contributed by atoms with van der Waals surface area (Å²) < 4.78 is 0. The Bertz CT molecular complexity index is 771. The summed E-state index contributed by atoms with van der Waals surface area (Å²) in [6.45, 7) is 3.96. The van der Waals surface area contributed by atoms with Gasteiger partial charge in [-0.3, -0.25) is 9.59 Å². The number of nitrogens with one attached hydrogen (secondary N) is 3. The second-order valence-corrected chi connectivity index (χ2v) is 5.73. The molecule has 0 aliphatic carbocycles. The van der Waals surface area contributed by atoms with Gasteiger partial charge in [-0.25, -0.2) is 0 Å². The van der Waals surface area contributed by atoms with Gasteiger partial charge in [-0.15, -0.1) is 0 Å². The van der Waals surface area contributed by atoms with Crippen molar-refractivity contribution >= 4 is 28.9 Å². The zero-order valence-corrected chi connectivity index (χ0v) is 13.1. The predicted molar refractivity (Wildman–Crippen MR) is 91.6 cm³/mol. The van der Waals surface area contributed by atoms with Crippen LogP contribution in [0.1, 0.15) is 17.5 Å². The van der Waals surface area contributed by atoms with Crippen molar-refractivity contribution in [1.82, 2.24) is 0 Å². The number of para-hydroxylation sites is 2. The molecule has 0 saturated carbocycles. The van der Waals surface area contributed by atoms with Crippen LogP contribution < -0.4 is 16.0 Å². The molecule has 0 spiro atoms. The number of amides is 2. The van der Waals surface area contributed by atoms with Crippen molar-refractivity contribution in [2.24, 2.45) is 0 Å². The molecule has 0 bridgehead atoms. The van der Waals surface area contributed by atoms with Crippen LogP contribution in [0.15, 0.2) is 42.5 Å². The number of rotatable bonds is 3. The van der Waals surface area contributed by atoms with E-state index in [0.29, 0.717) is 0 Å². The van der Waals surface area contributed by atoms with Gasteiger partial charge < -0.3 is 16.0 Å². The minimum Gasteiger partial charge on any atom is -0.372 e. The number of hydrogen-bond acceptors (Lipinski definition) is 3. The lowest BCUT2D eigenvalue weighted by atomic mass is 10.1. The molecule has 1 atom stereocenters. The SMILES string of the molecule is Cc1cccc(NC(=O)C[C@H]2Nc3ccccc3NC2=O)c1C. The van der Waals surface area contributed by atoms with Crippen molar-refractivity contribution in [1.29, 1.82) is 0 Å². The van der Waals surface area contributed by atoms with Crippen LogP contribution in [0.5, 0.6) is 0 Å². The number of benzene rings is 2. The first-order valence-corrected chi connectivity index (χ1v) is 7.57. The highest BCUT2D eigenvalue weighted by molar-refractivity contribution is 6.06. The standard InChI is InChI=1S/C18H19N3O2/c1-11-6-5-9-13(12(11)2)20-17(22)10-16-18(23)21-15-8-4-3-7-14(15)19-16/h3-9,16,19H,10H2,1-2H3,(H,20,22)(H,21,23)/t16-/m1/s1. The van der Waals surface area contributed by atoms with E-state index in [-0.39, 0.29) is 18.2 Å². The van der Waals surface area contributed by atoms with Crippen LogP contribution in [0.2, 0.25) is 0 Å².